The summed E-state index contributed by atoms with van der Waals surface area (Å²) in [4.78, 5) is 2.40. The smallest absolute Gasteiger partial charge is 0.0209 e. The van der Waals surface area contributed by atoms with Crippen molar-refractivity contribution in [3.8, 4) is 0 Å². The van der Waals surface area contributed by atoms with Crippen molar-refractivity contribution in [3.05, 3.63) is 0 Å². The maximum atomic E-state index is 5.42. The van der Waals surface area contributed by atoms with E-state index in [9.17, 15) is 0 Å². The van der Waals surface area contributed by atoms with Crippen molar-refractivity contribution in [1.82, 2.24) is 10.2 Å². The summed E-state index contributed by atoms with van der Waals surface area (Å²) in [5.74, 6) is 0. The number of nitrogens with two attached hydrogens (primary N) is 1. The van der Waals surface area contributed by atoms with Gasteiger partial charge < -0.3 is 16.0 Å². The van der Waals surface area contributed by atoms with Gasteiger partial charge in [0, 0.05) is 18.6 Å². The summed E-state index contributed by atoms with van der Waals surface area (Å²) < 4.78 is 0. The minimum Gasteiger partial charge on any atom is -0.330 e. The molecule has 1 rings (SSSR count). The largest absolute Gasteiger partial charge is 0.330 e. The number of nitrogens with zero attached hydrogens (tertiary/aromatic N) is 1. The SMILES string of the molecule is CC1CC(NCCCN)CN1C. The Bertz CT molecular complexity index is 117. The van der Waals surface area contributed by atoms with Crippen LogP contribution in [-0.4, -0.2) is 43.7 Å². The first-order chi connectivity index (χ1) is 5.74. The molecule has 0 saturated carbocycles. The van der Waals surface area contributed by atoms with E-state index >= 15 is 0 Å². The Morgan fingerprint density at radius 1 is 1.58 bits per heavy atom. The van der Waals surface area contributed by atoms with Gasteiger partial charge >= 0.3 is 0 Å². The fourth-order valence-corrected chi connectivity index (χ4v) is 1.75. The maximum absolute atomic E-state index is 5.42. The van der Waals surface area contributed by atoms with Crippen LogP contribution in [0.25, 0.3) is 0 Å². The topological polar surface area (TPSA) is 41.3 Å². The number of hydrogen-bond acceptors (Lipinski definition) is 3. The molecule has 1 fully saturated rings. The standard InChI is InChI=1S/C9H21N3/c1-8-6-9(7-12(8)2)11-5-3-4-10/h8-9,11H,3-7,10H2,1-2H3. The minimum atomic E-state index is 0.691. The third-order valence-electron chi connectivity index (χ3n) is 2.70. The van der Waals surface area contributed by atoms with Crippen LogP contribution in [0.1, 0.15) is 19.8 Å². The second-order valence-corrected chi connectivity index (χ2v) is 3.82. The van der Waals surface area contributed by atoms with Gasteiger partial charge in [0.2, 0.25) is 0 Å². The van der Waals surface area contributed by atoms with E-state index < -0.39 is 0 Å². The van der Waals surface area contributed by atoms with Crippen LogP contribution >= 0.6 is 0 Å². The Morgan fingerprint density at radius 2 is 2.33 bits per heavy atom. The van der Waals surface area contributed by atoms with Crippen LogP contribution in [0.4, 0.5) is 0 Å². The van der Waals surface area contributed by atoms with Crippen LogP contribution in [0.15, 0.2) is 0 Å². The fourth-order valence-electron chi connectivity index (χ4n) is 1.75. The Morgan fingerprint density at radius 3 is 2.83 bits per heavy atom. The van der Waals surface area contributed by atoms with Gasteiger partial charge in [0.1, 0.15) is 0 Å². The zero-order chi connectivity index (χ0) is 8.97. The van der Waals surface area contributed by atoms with E-state index in [1.54, 1.807) is 0 Å². The second-order valence-electron chi connectivity index (χ2n) is 3.82. The van der Waals surface area contributed by atoms with Gasteiger partial charge in [-0.1, -0.05) is 0 Å². The van der Waals surface area contributed by atoms with E-state index in [2.05, 4.69) is 24.2 Å². The quantitative estimate of drug-likeness (QED) is 0.586. The van der Waals surface area contributed by atoms with Crippen molar-refractivity contribution in [2.75, 3.05) is 26.7 Å². The molecule has 0 aliphatic carbocycles. The van der Waals surface area contributed by atoms with Crippen molar-refractivity contribution in [2.24, 2.45) is 5.73 Å². The number of likely N-dealkylation sites (tertiary alicyclic amines) is 1. The third kappa shape index (κ3) is 2.73. The predicted octanol–water partition coefficient (Wildman–Crippen LogP) is 0.0174. The molecule has 0 radical (unpaired) electrons. The van der Waals surface area contributed by atoms with E-state index in [4.69, 9.17) is 5.73 Å². The third-order valence-corrected chi connectivity index (χ3v) is 2.70. The van der Waals surface area contributed by atoms with Crippen molar-refractivity contribution < 1.29 is 0 Å². The van der Waals surface area contributed by atoms with Crippen LogP contribution in [-0.2, 0) is 0 Å². The lowest BCUT2D eigenvalue weighted by Crippen LogP contribution is -2.32. The maximum Gasteiger partial charge on any atom is 0.0209 e. The van der Waals surface area contributed by atoms with Gasteiger partial charge in [0.05, 0.1) is 0 Å². The molecular weight excluding hydrogens is 150 g/mol. The highest BCUT2D eigenvalue weighted by molar-refractivity contribution is 4.84. The molecule has 0 spiro atoms. The number of hydrogen-bond donors (Lipinski definition) is 2. The highest BCUT2D eigenvalue weighted by atomic mass is 15.2. The molecule has 0 aromatic rings. The highest BCUT2D eigenvalue weighted by Crippen LogP contribution is 2.14. The van der Waals surface area contributed by atoms with Crippen LogP contribution < -0.4 is 11.1 Å². The fraction of sp³-hybridized carbons (Fsp3) is 1.00. The monoisotopic (exact) mass is 171 g/mol. The van der Waals surface area contributed by atoms with Gasteiger partial charge in [0.15, 0.2) is 0 Å². The normalized spacial score (nSPS) is 31.2. The lowest BCUT2D eigenvalue weighted by atomic mass is 10.2. The summed E-state index contributed by atoms with van der Waals surface area (Å²) >= 11 is 0. The van der Waals surface area contributed by atoms with Gasteiger partial charge in [-0.05, 0) is 39.9 Å². The Labute approximate surface area is 75.3 Å². The highest BCUT2D eigenvalue weighted by Gasteiger charge is 2.24. The molecule has 0 amide bonds. The van der Waals surface area contributed by atoms with Crippen molar-refractivity contribution in [3.63, 3.8) is 0 Å². The van der Waals surface area contributed by atoms with Crippen LogP contribution in [0, 0.1) is 0 Å². The van der Waals surface area contributed by atoms with E-state index in [1.165, 1.54) is 13.0 Å². The first-order valence-corrected chi connectivity index (χ1v) is 4.87. The van der Waals surface area contributed by atoms with Gasteiger partial charge in [-0.2, -0.15) is 0 Å². The number of nitrogens with one attached hydrogen (secondary N) is 1. The number of likely N-dealkylation sites (N-methyl/N-ethyl adjacent to an activating group) is 1. The van der Waals surface area contributed by atoms with Crippen molar-refractivity contribution in [2.45, 2.75) is 31.8 Å². The van der Waals surface area contributed by atoms with Crippen LogP contribution in [0.5, 0.6) is 0 Å². The first-order valence-electron chi connectivity index (χ1n) is 4.87. The Hall–Kier alpha value is -0.120. The van der Waals surface area contributed by atoms with Crippen LogP contribution in [0.2, 0.25) is 0 Å². The molecule has 72 valence electrons. The van der Waals surface area contributed by atoms with Gasteiger partial charge in [-0.15, -0.1) is 0 Å². The van der Waals surface area contributed by atoms with E-state index in [0.29, 0.717) is 6.04 Å². The summed E-state index contributed by atoms with van der Waals surface area (Å²) in [5, 5.41) is 3.52. The summed E-state index contributed by atoms with van der Waals surface area (Å²) in [7, 11) is 2.19. The molecule has 3 heteroatoms. The lowest BCUT2D eigenvalue weighted by Gasteiger charge is -2.13. The van der Waals surface area contributed by atoms with E-state index in [1.807, 2.05) is 0 Å². The molecule has 2 unspecified atom stereocenters. The van der Waals surface area contributed by atoms with Crippen LogP contribution in [0.3, 0.4) is 0 Å². The summed E-state index contributed by atoms with van der Waals surface area (Å²) in [6, 6.07) is 1.43. The molecule has 1 heterocycles. The Kier molecular flexibility index (Phi) is 3.98. The number of rotatable bonds is 4. The van der Waals surface area contributed by atoms with E-state index in [-0.39, 0.29) is 0 Å². The molecule has 1 saturated heterocycles. The van der Waals surface area contributed by atoms with E-state index in [0.717, 1.165) is 25.6 Å². The predicted molar refractivity (Wildman–Crippen MR) is 52.2 cm³/mol. The Balaban J connectivity index is 2.10. The van der Waals surface area contributed by atoms with Gasteiger partial charge in [-0.3, -0.25) is 0 Å². The molecule has 2 atom stereocenters. The molecule has 1 aliphatic heterocycles. The molecule has 0 bridgehead atoms. The summed E-state index contributed by atoms with van der Waals surface area (Å²) in [6.07, 6.45) is 2.37. The summed E-state index contributed by atoms with van der Waals surface area (Å²) in [5.41, 5.74) is 5.42. The molecule has 0 aromatic heterocycles. The molecule has 12 heavy (non-hydrogen) atoms. The minimum absolute atomic E-state index is 0.691. The molecule has 3 N–H and O–H groups in total. The summed E-state index contributed by atoms with van der Waals surface area (Å²) in [6.45, 7) is 5.34. The molecule has 1 aliphatic rings. The molecule has 0 aromatic carbocycles. The van der Waals surface area contributed by atoms with Gasteiger partial charge in [-0.25, -0.2) is 0 Å². The zero-order valence-corrected chi connectivity index (χ0v) is 8.21. The average molecular weight is 171 g/mol. The lowest BCUT2D eigenvalue weighted by molar-refractivity contribution is 0.326. The molecular formula is C9H21N3. The van der Waals surface area contributed by atoms with Crippen molar-refractivity contribution >= 4 is 0 Å². The average Bonchev–Trinajstić information content (AvgIpc) is 2.32. The second kappa shape index (κ2) is 4.80. The first kappa shape index (κ1) is 9.96. The molecule has 3 nitrogen and oxygen atoms in total. The zero-order valence-electron chi connectivity index (χ0n) is 8.21. The van der Waals surface area contributed by atoms with Gasteiger partial charge in [0.25, 0.3) is 0 Å². The van der Waals surface area contributed by atoms with Crippen molar-refractivity contribution in [1.29, 1.82) is 0 Å².